The first kappa shape index (κ1) is 18.0. The second kappa shape index (κ2) is 9.05. The van der Waals surface area contributed by atoms with Gasteiger partial charge in [-0.1, -0.05) is 12.8 Å². The van der Waals surface area contributed by atoms with E-state index in [-0.39, 0.29) is 30.8 Å². The molecule has 2 heterocycles. The molecule has 0 aliphatic carbocycles. The number of benzene rings is 1. The van der Waals surface area contributed by atoms with E-state index in [0.29, 0.717) is 19.1 Å². The molecular weight excluding hydrogens is 409 g/mol. The predicted molar refractivity (Wildman–Crippen MR) is 100 cm³/mol. The van der Waals surface area contributed by atoms with Crippen LogP contribution in [0.15, 0.2) is 23.2 Å². The molecule has 0 bridgehead atoms. The number of nitrogens with two attached hydrogens (primary N) is 1. The van der Waals surface area contributed by atoms with Crippen LogP contribution in [0.1, 0.15) is 25.7 Å². The van der Waals surface area contributed by atoms with Gasteiger partial charge in [0.15, 0.2) is 17.5 Å². The number of hydrogen-bond donors (Lipinski definition) is 1. The number of halogens is 1. The zero-order chi connectivity index (χ0) is 15.2. The van der Waals surface area contributed by atoms with E-state index in [1.54, 1.807) is 0 Å². The molecule has 0 radical (unpaired) electrons. The van der Waals surface area contributed by atoms with Gasteiger partial charge in [-0.15, -0.1) is 24.0 Å². The summed E-state index contributed by atoms with van der Waals surface area (Å²) in [6.07, 6.45) is 4.97. The van der Waals surface area contributed by atoms with Gasteiger partial charge >= 0.3 is 0 Å². The zero-order valence-electron chi connectivity index (χ0n) is 13.2. The van der Waals surface area contributed by atoms with Gasteiger partial charge in [0.05, 0.1) is 6.54 Å². The summed E-state index contributed by atoms with van der Waals surface area (Å²) in [5.74, 6) is 2.88. The topological polar surface area (TPSA) is 69.3 Å². The number of fused-ring (bicyclic) bond motifs is 1. The fourth-order valence-corrected chi connectivity index (χ4v) is 2.69. The van der Waals surface area contributed by atoms with Gasteiger partial charge in [0.1, 0.15) is 12.4 Å². The Morgan fingerprint density at radius 1 is 1.13 bits per heavy atom. The quantitative estimate of drug-likeness (QED) is 0.342. The number of likely N-dealkylation sites (tertiary alicyclic amines) is 1. The van der Waals surface area contributed by atoms with Crippen molar-refractivity contribution >= 4 is 29.9 Å². The lowest BCUT2D eigenvalue weighted by Crippen LogP contribution is -2.38. The lowest BCUT2D eigenvalue weighted by Gasteiger charge is -2.21. The molecule has 128 valence electrons. The normalized spacial score (nSPS) is 17.4. The highest BCUT2D eigenvalue weighted by molar-refractivity contribution is 14.0. The summed E-state index contributed by atoms with van der Waals surface area (Å²) < 4.78 is 16.3. The maximum atomic E-state index is 6.05. The van der Waals surface area contributed by atoms with Crippen LogP contribution < -0.4 is 19.9 Å². The summed E-state index contributed by atoms with van der Waals surface area (Å²) in [6, 6.07) is 5.56. The lowest BCUT2D eigenvalue weighted by atomic mass is 10.2. The van der Waals surface area contributed by atoms with Gasteiger partial charge in [-0.25, -0.2) is 4.99 Å². The molecule has 1 fully saturated rings. The Bertz CT molecular complexity index is 531. The van der Waals surface area contributed by atoms with E-state index < -0.39 is 0 Å². The van der Waals surface area contributed by atoms with Crippen LogP contribution in [0.4, 0.5) is 0 Å². The lowest BCUT2D eigenvalue weighted by molar-refractivity contribution is 0.174. The molecule has 1 aromatic rings. The minimum atomic E-state index is 0. The number of ether oxygens (including phenoxy) is 3. The third kappa shape index (κ3) is 5.05. The first-order valence-electron chi connectivity index (χ1n) is 7.90. The maximum Gasteiger partial charge on any atom is 0.231 e. The second-order valence-electron chi connectivity index (χ2n) is 5.50. The van der Waals surface area contributed by atoms with Gasteiger partial charge < -0.3 is 24.8 Å². The van der Waals surface area contributed by atoms with Crippen molar-refractivity contribution in [3.63, 3.8) is 0 Å². The molecule has 2 N–H and O–H groups in total. The summed E-state index contributed by atoms with van der Waals surface area (Å²) in [4.78, 5) is 6.59. The predicted octanol–water partition coefficient (Wildman–Crippen LogP) is 2.60. The van der Waals surface area contributed by atoms with Gasteiger partial charge in [0, 0.05) is 19.2 Å². The van der Waals surface area contributed by atoms with E-state index in [1.807, 2.05) is 18.2 Å². The molecule has 0 atom stereocenters. The molecule has 2 aliphatic heterocycles. The van der Waals surface area contributed by atoms with Gasteiger partial charge in [0.2, 0.25) is 6.79 Å². The minimum absolute atomic E-state index is 0. The number of aliphatic imine (C=N–C) groups is 1. The van der Waals surface area contributed by atoms with Crippen molar-refractivity contribution in [2.45, 2.75) is 25.7 Å². The van der Waals surface area contributed by atoms with Crippen LogP contribution in [-0.2, 0) is 0 Å². The van der Waals surface area contributed by atoms with E-state index in [0.717, 1.165) is 30.3 Å². The molecule has 0 aromatic heterocycles. The molecule has 1 aromatic carbocycles. The number of guanidine groups is 1. The largest absolute Gasteiger partial charge is 0.492 e. The van der Waals surface area contributed by atoms with Gasteiger partial charge in [-0.05, 0) is 25.0 Å². The van der Waals surface area contributed by atoms with Crippen LogP contribution in [0.3, 0.4) is 0 Å². The molecule has 7 heteroatoms. The fourth-order valence-electron chi connectivity index (χ4n) is 2.69. The molecule has 1 saturated heterocycles. The summed E-state index contributed by atoms with van der Waals surface area (Å²) in [6.45, 7) is 3.34. The molecule has 0 amide bonds. The highest BCUT2D eigenvalue weighted by Crippen LogP contribution is 2.34. The molecular formula is C16H24IN3O3. The highest BCUT2D eigenvalue weighted by Gasteiger charge is 2.13. The Labute approximate surface area is 154 Å². The van der Waals surface area contributed by atoms with Crippen molar-refractivity contribution in [2.75, 3.05) is 33.0 Å². The summed E-state index contributed by atoms with van der Waals surface area (Å²) in [7, 11) is 0. The molecule has 3 rings (SSSR count). The van der Waals surface area contributed by atoms with Crippen LogP contribution >= 0.6 is 24.0 Å². The van der Waals surface area contributed by atoms with Crippen LogP contribution in [0.5, 0.6) is 17.2 Å². The highest BCUT2D eigenvalue weighted by atomic mass is 127. The van der Waals surface area contributed by atoms with Crippen molar-refractivity contribution in [3.05, 3.63) is 18.2 Å². The number of nitrogens with zero attached hydrogens (tertiary/aromatic N) is 2. The van der Waals surface area contributed by atoms with Crippen LogP contribution in [0, 0.1) is 0 Å². The van der Waals surface area contributed by atoms with Crippen molar-refractivity contribution in [1.82, 2.24) is 4.90 Å². The molecule has 23 heavy (non-hydrogen) atoms. The first-order chi connectivity index (χ1) is 10.8. The molecule has 0 unspecified atom stereocenters. The Kier molecular flexibility index (Phi) is 7.07. The Morgan fingerprint density at radius 2 is 1.87 bits per heavy atom. The molecule has 2 aliphatic rings. The Balaban J connectivity index is 0.00000192. The average Bonchev–Trinajstić information content (AvgIpc) is 2.82. The monoisotopic (exact) mass is 433 g/mol. The second-order valence-corrected chi connectivity index (χ2v) is 5.50. The smallest absolute Gasteiger partial charge is 0.231 e. The number of rotatable bonds is 4. The molecule has 0 spiro atoms. The van der Waals surface area contributed by atoms with E-state index in [4.69, 9.17) is 19.9 Å². The van der Waals surface area contributed by atoms with Crippen molar-refractivity contribution in [1.29, 1.82) is 0 Å². The van der Waals surface area contributed by atoms with Gasteiger partial charge in [-0.2, -0.15) is 0 Å². The van der Waals surface area contributed by atoms with Crippen LogP contribution in [-0.4, -0.2) is 43.9 Å². The minimum Gasteiger partial charge on any atom is -0.492 e. The maximum absolute atomic E-state index is 6.05. The summed E-state index contributed by atoms with van der Waals surface area (Å²) in [5.41, 5.74) is 6.05. The summed E-state index contributed by atoms with van der Waals surface area (Å²) >= 11 is 0. The Hall–Kier alpha value is -1.38. The van der Waals surface area contributed by atoms with Crippen LogP contribution in [0.2, 0.25) is 0 Å². The van der Waals surface area contributed by atoms with E-state index in [9.17, 15) is 0 Å². The van der Waals surface area contributed by atoms with Crippen molar-refractivity contribution in [3.8, 4) is 17.2 Å². The number of hydrogen-bond acceptors (Lipinski definition) is 4. The van der Waals surface area contributed by atoms with E-state index in [1.165, 1.54) is 25.7 Å². The van der Waals surface area contributed by atoms with E-state index >= 15 is 0 Å². The van der Waals surface area contributed by atoms with Crippen LogP contribution in [0.25, 0.3) is 0 Å². The van der Waals surface area contributed by atoms with Crippen molar-refractivity contribution < 1.29 is 14.2 Å². The first-order valence-corrected chi connectivity index (χ1v) is 7.90. The zero-order valence-corrected chi connectivity index (χ0v) is 15.5. The van der Waals surface area contributed by atoms with Gasteiger partial charge in [0.25, 0.3) is 0 Å². The average molecular weight is 433 g/mol. The summed E-state index contributed by atoms with van der Waals surface area (Å²) in [5, 5.41) is 0. The standard InChI is InChI=1S/C16H23N3O3.HI/c17-16(19-8-3-1-2-4-9-19)18-7-10-20-13-5-6-14-15(11-13)22-12-21-14;/h5-6,11H,1-4,7-10,12H2,(H2,17,18);1H. The third-order valence-electron chi connectivity index (χ3n) is 3.91. The van der Waals surface area contributed by atoms with Gasteiger partial charge in [-0.3, -0.25) is 0 Å². The van der Waals surface area contributed by atoms with Crippen molar-refractivity contribution in [2.24, 2.45) is 10.7 Å². The Morgan fingerprint density at radius 3 is 2.65 bits per heavy atom. The SMILES string of the molecule is I.NC(=NCCOc1ccc2c(c1)OCO2)N1CCCCCC1. The third-order valence-corrected chi connectivity index (χ3v) is 3.91. The molecule has 6 nitrogen and oxygen atoms in total. The molecule has 0 saturated carbocycles. The fraction of sp³-hybridized carbons (Fsp3) is 0.562. The van der Waals surface area contributed by atoms with E-state index in [2.05, 4.69) is 9.89 Å².